The lowest BCUT2D eigenvalue weighted by Crippen LogP contribution is -2.41. The second-order valence-corrected chi connectivity index (χ2v) is 11.4. The van der Waals surface area contributed by atoms with Crippen molar-refractivity contribution in [1.82, 2.24) is 0 Å². The largest absolute Gasteiger partial charge is 0.497 e. The molecule has 1 rings (SSSR count). The molecule has 0 aliphatic carbocycles. The monoisotopic (exact) mass is 302 g/mol. The van der Waals surface area contributed by atoms with Gasteiger partial charge in [-0.3, -0.25) is 0 Å². The van der Waals surface area contributed by atoms with Gasteiger partial charge in [0.2, 0.25) is 0 Å². The molecule has 0 aliphatic rings. The summed E-state index contributed by atoms with van der Waals surface area (Å²) in [5.41, 5.74) is 2.91. The van der Waals surface area contributed by atoms with Gasteiger partial charge in [-0.15, -0.1) is 0 Å². The molecular weight excluding hydrogens is 272 g/mol. The third-order valence-electron chi connectivity index (χ3n) is 3.89. The number of hydrogen-bond donors (Lipinski definition) is 0. The average molecular weight is 303 g/mol. The van der Waals surface area contributed by atoms with Crippen LogP contribution in [0.15, 0.2) is 47.6 Å². The van der Waals surface area contributed by atoms with Crippen LogP contribution in [0.4, 0.5) is 0 Å². The predicted molar refractivity (Wildman–Crippen MR) is 97.3 cm³/mol. The van der Waals surface area contributed by atoms with E-state index in [1.54, 1.807) is 7.11 Å². The van der Waals surface area contributed by atoms with Gasteiger partial charge in [-0.05, 0) is 50.9 Å². The summed E-state index contributed by atoms with van der Waals surface area (Å²) >= 11 is 0. The van der Waals surface area contributed by atoms with Gasteiger partial charge in [-0.25, -0.2) is 0 Å². The lowest BCUT2D eigenvalue weighted by molar-refractivity contribution is 0.418. The van der Waals surface area contributed by atoms with Crippen LogP contribution in [0.1, 0.15) is 33.6 Å². The van der Waals surface area contributed by atoms with Crippen LogP contribution < -0.4 is 9.92 Å². The second-order valence-electron chi connectivity index (χ2n) is 6.66. The summed E-state index contributed by atoms with van der Waals surface area (Å²) in [6.45, 7) is 11.4. The Hall–Kier alpha value is -1.28. The minimum absolute atomic E-state index is 1.05. The zero-order chi connectivity index (χ0) is 15.9. The van der Waals surface area contributed by atoms with E-state index < -0.39 is 8.07 Å². The van der Waals surface area contributed by atoms with Crippen molar-refractivity contribution in [2.24, 2.45) is 0 Å². The molecule has 0 aliphatic heterocycles. The van der Waals surface area contributed by atoms with E-state index in [0.29, 0.717) is 0 Å². The summed E-state index contributed by atoms with van der Waals surface area (Å²) in [7, 11) is 0.282. The number of hydrogen-bond acceptors (Lipinski definition) is 1. The Morgan fingerprint density at radius 3 is 2.38 bits per heavy atom. The molecule has 0 N–H and O–H groups in total. The highest BCUT2D eigenvalue weighted by molar-refractivity contribution is 6.90. The first-order chi connectivity index (χ1) is 9.86. The highest BCUT2D eigenvalue weighted by atomic mass is 28.3. The maximum atomic E-state index is 5.54. The van der Waals surface area contributed by atoms with Crippen LogP contribution in [-0.2, 0) is 0 Å². The normalized spacial score (nSPS) is 12.2. The van der Waals surface area contributed by atoms with Crippen molar-refractivity contribution in [3.63, 3.8) is 0 Å². The first-order valence-electron chi connectivity index (χ1n) is 7.79. The van der Waals surface area contributed by atoms with E-state index in [0.717, 1.165) is 12.2 Å². The van der Waals surface area contributed by atoms with E-state index in [4.69, 9.17) is 4.74 Å². The molecule has 0 saturated heterocycles. The number of rotatable bonds is 7. The molecule has 0 bridgehead atoms. The molecule has 0 atom stereocenters. The fourth-order valence-electron chi connectivity index (χ4n) is 2.43. The Bertz CT molecular complexity index is 508. The van der Waals surface area contributed by atoms with Crippen molar-refractivity contribution < 1.29 is 4.74 Å². The number of methoxy groups -OCH3 is 1. The first-order valence-corrected chi connectivity index (χ1v) is 11.0. The van der Waals surface area contributed by atoms with Crippen molar-refractivity contribution >= 4 is 13.3 Å². The topological polar surface area (TPSA) is 9.23 Å². The van der Waals surface area contributed by atoms with Crippen molar-refractivity contribution in [2.45, 2.75) is 52.8 Å². The van der Waals surface area contributed by atoms with Gasteiger partial charge in [0, 0.05) is 0 Å². The van der Waals surface area contributed by atoms with Crippen molar-refractivity contribution in [1.29, 1.82) is 0 Å². The molecule has 21 heavy (non-hydrogen) atoms. The van der Waals surface area contributed by atoms with Gasteiger partial charge in [-0.2, -0.15) is 0 Å². The number of benzene rings is 1. The molecule has 0 amide bonds. The Morgan fingerprint density at radius 1 is 1.10 bits per heavy atom. The van der Waals surface area contributed by atoms with Gasteiger partial charge in [0.25, 0.3) is 0 Å². The summed E-state index contributed by atoms with van der Waals surface area (Å²) in [4.78, 5) is 0. The molecule has 0 fully saturated rings. The molecule has 0 unspecified atom stereocenters. The highest BCUT2D eigenvalue weighted by Crippen LogP contribution is 2.19. The van der Waals surface area contributed by atoms with Crippen LogP contribution in [0.25, 0.3) is 0 Å². The van der Waals surface area contributed by atoms with Crippen molar-refractivity contribution in [3.05, 3.63) is 47.6 Å². The van der Waals surface area contributed by atoms with E-state index in [-0.39, 0.29) is 0 Å². The molecular formula is C19H30OSi. The zero-order valence-electron chi connectivity index (χ0n) is 14.5. The standard InChI is InChI=1S/C19H30OSi/c1-16(2)10-9-11-17(3)14-15-21(5,6)19-13-8-7-12-18(19)20-4/h7-8,10,12-14H,9,11,15H2,1-6H3/b17-14+. The van der Waals surface area contributed by atoms with E-state index in [1.165, 1.54) is 28.8 Å². The lowest BCUT2D eigenvalue weighted by atomic mass is 10.1. The Morgan fingerprint density at radius 2 is 1.76 bits per heavy atom. The lowest BCUT2D eigenvalue weighted by Gasteiger charge is -2.24. The summed E-state index contributed by atoms with van der Waals surface area (Å²) < 4.78 is 5.54. The molecule has 0 spiro atoms. The van der Waals surface area contributed by atoms with Gasteiger partial charge in [0.15, 0.2) is 0 Å². The van der Waals surface area contributed by atoms with E-state index >= 15 is 0 Å². The number of ether oxygens (including phenoxy) is 1. The first kappa shape index (κ1) is 17.8. The van der Waals surface area contributed by atoms with Crippen LogP contribution >= 0.6 is 0 Å². The zero-order valence-corrected chi connectivity index (χ0v) is 15.5. The summed E-state index contributed by atoms with van der Waals surface area (Å²) in [6, 6.07) is 9.66. The molecule has 116 valence electrons. The number of allylic oxidation sites excluding steroid dienone is 4. The van der Waals surface area contributed by atoms with Gasteiger partial charge < -0.3 is 4.74 Å². The van der Waals surface area contributed by atoms with E-state index in [2.05, 4.69) is 64.2 Å². The average Bonchev–Trinajstić information content (AvgIpc) is 2.45. The van der Waals surface area contributed by atoms with Crippen molar-refractivity contribution in [2.75, 3.05) is 7.11 Å². The molecule has 1 aromatic carbocycles. The van der Waals surface area contributed by atoms with E-state index in [1.807, 2.05) is 6.07 Å². The smallest absolute Gasteiger partial charge is 0.118 e. The van der Waals surface area contributed by atoms with Crippen LogP contribution in [0, 0.1) is 0 Å². The highest BCUT2D eigenvalue weighted by Gasteiger charge is 2.25. The quantitative estimate of drug-likeness (QED) is 0.490. The number of para-hydroxylation sites is 1. The fourth-order valence-corrected chi connectivity index (χ4v) is 4.91. The summed E-state index contributed by atoms with van der Waals surface area (Å²) in [6.07, 6.45) is 7.08. The molecule has 0 aromatic heterocycles. The fraction of sp³-hybridized carbons (Fsp3) is 0.474. The SMILES string of the molecule is COc1ccccc1[Si](C)(C)C/C=C(\C)CCC=C(C)C. The minimum Gasteiger partial charge on any atom is -0.497 e. The minimum atomic E-state index is -1.49. The van der Waals surface area contributed by atoms with Crippen LogP contribution in [0.3, 0.4) is 0 Å². The molecule has 1 aromatic rings. The molecule has 2 heteroatoms. The third kappa shape index (κ3) is 5.92. The second kappa shape index (κ2) is 8.23. The van der Waals surface area contributed by atoms with Gasteiger partial charge in [0.1, 0.15) is 5.75 Å². The molecule has 1 nitrogen and oxygen atoms in total. The van der Waals surface area contributed by atoms with Crippen molar-refractivity contribution in [3.8, 4) is 5.75 Å². The predicted octanol–water partition coefficient (Wildman–Crippen LogP) is 5.30. The van der Waals surface area contributed by atoms with Gasteiger partial charge in [-0.1, -0.05) is 54.6 Å². The Balaban J connectivity index is 2.73. The van der Waals surface area contributed by atoms with Gasteiger partial charge in [0.05, 0.1) is 15.2 Å². The van der Waals surface area contributed by atoms with Gasteiger partial charge >= 0.3 is 0 Å². The maximum Gasteiger partial charge on any atom is 0.118 e. The Labute approximate surface area is 131 Å². The summed E-state index contributed by atoms with van der Waals surface area (Å²) in [5, 5.41) is 1.42. The molecule has 0 radical (unpaired) electrons. The Kier molecular flexibility index (Phi) is 6.96. The van der Waals surface area contributed by atoms with E-state index in [9.17, 15) is 0 Å². The molecule has 0 heterocycles. The van der Waals surface area contributed by atoms with Crippen LogP contribution in [0.2, 0.25) is 19.1 Å². The third-order valence-corrected chi connectivity index (χ3v) is 6.98. The summed E-state index contributed by atoms with van der Waals surface area (Å²) in [5.74, 6) is 1.05. The maximum absolute atomic E-state index is 5.54. The van der Waals surface area contributed by atoms with Crippen LogP contribution in [0.5, 0.6) is 5.75 Å². The van der Waals surface area contributed by atoms with Crippen LogP contribution in [-0.4, -0.2) is 15.2 Å². The molecule has 0 saturated carbocycles.